The average molecular weight is 258 g/mol. The molecule has 0 bridgehead atoms. The maximum atomic E-state index is 12.3. The predicted octanol–water partition coefficient (Wildman–Crippen LogP) is 2.84. The number of anilines is 1. The highest BCUT2D eigenvalue weighted by Crippen LogP contribution is 2.40. The van der Waals surface area contributed by atoms with Gasteiger partial charge in [-0.25, -0.2) is 0 Å². The highest BCUT2D eigenvalue weighted by atomic mass is 16.2. The number of carbonyl (C=O) groups is 1. The summed E-state index contributed by atoms with van der Waals surface area (Å²) in [6, 6.07) is 8.15. The van der Waals surface area contributed by atoms with Gasteiger partial charge >= 0.3 is 0 Å². The molecule has 3 heteroatoms. The van der Waals surface area contributed by atoms with Crippen LogP contribution in [0.3, 0.4) is 0 Å². The van der Waals surface area contributed by atoms with E-state index < -0.39 is 0 Å². The van der Waals surface area contributed by atoms with E-state index in [1.807, 2.05) is 18.2 Å². The van der Waals surface area contributed by atoms with Gasteiger partial charge in [-0.3, -0.25) is 4.79 Å². The van der Waals surface area contributed by atoms with Gasteiger partial charge in [-0.2, -0.15) is 0 Å². The molecular formula is C16H22N2O. The van der Waals surface area contributed by atoms with E-state index in [2.05, 4.69) is 23.2 Å². The minimum atomic E-state index is 0.0656. The number of nitrogens with zero attached hydrogens (tertiary/aromatic N) is 1. The molecule has 19 heavy (non-hydrogen) atoms. The summed E-state index contributed by atoms with van der Waals surface area (Å²) in [5.74, 6) is 0.740. The molecule has 2 atom stereocenters. The van der Waals surface area contributed by atoms with Crippen LogP contribution in [0.4, 0.5) is 5.69 Å². The number of fused-ring (bicyclic) bond motifs is 1. The van der Waals surface area contributed by atoms with Crippen LogP contribution in [0.15, 0.2) is 24.3 Å². The van der Waals surface area contributed by atoms with Crippen LogP contribution in [0.1, 0.15) is 37.7 Å². The van der Waals surface area contributed by atoms with Crippen LogP contribution in [-0.4, -0.2) is 30.4 Å². The molecule has 1 saturated heterocycles. The minimum absolute atomic E-state index is 0.0656. The zero-order valence-electron chi connectivity index (χ0n) is 11.6. The molecule has 0 radical (unpaired) electrons. The van der Waals surface area contributed by atoms with Crippen molar-refractivity contribution < 1.29 is 4.79 Å². The van der Waals surface area contributed by atoms with Gasteiger partial charge in [-0.05, 0) is 49.9 Å². The number of piperidine rings is 1. The Morgan fingerprint density at radius 2 is 2.21 bits per heavy atom. The smallest absolute Gasteiger partial charge is 0.232 e. The quantitative estimate of drug-likeness (QED) is 0.904. The minimum Gasteiger partial charge on any atom is -0.325 e. The molecule has 0 spiro atoms. The van der Waals surface area contributed by atoms with E-state index in [-0.39, 0.29) is 11.8 Å². The van der Waals surface area contributed by atoms with E-state index in [9.17, 15) is 4.79 Å². The van der Waals surface area contributed by atoms with E-state index in [4.69, 9.17) is 0 Å². The first-order chi connectivity index (χ1) is 9.29. The molecule has 2 aliphatic heterocycles. The lowest BCUT2D eigenvalue weighted by atomic mass is 9.82. The number of hydrogen-bond donors (Lipinski definition) is 1. The number of rotatable bonds is 3. The summed E-state index contributed by atoms with van der Waals surface area (Å²) >= 11 is 0. The molecule has 0 aliphatic carbocycles. The van der Waals surface area contributed by atoms with Crippen LogP contribution < -0.4 is 5.32 Å². The fourth-order valence-corrected chi connectivity index (χ4v) is 3.58. The standard InChI is InChI=1S/C16H22N2O/c1-2-9-18-10-5-6-12(11-18)15-13-7-3-4-8-14(13)17-16(15)19/h3-4,7-8,12,15H,2,5-6,9-11H2,1H3,(H,17,19)/t12-,15-/m0/s1. The van der Waals surface area contributed by atoms with E-state index in [1.54, 1.807) is 0 Å². The summed E-state index contributed by atoms with van der Waals surface area (Å²) < 4.78 is 0. The zero-order chi connectivity index (χ0) is 13.2. The molecule has 0 saturated carbocycles. The molecule has 102 valence electrons. The van der Waals surface area contributed by atoms with Gasteiger partial charge in [0.1, 0.15) is 0 Å². The van der Waals surface area contributed by atoms with Gasteiger partial charge in [0.05, 0.1) is 5.92 Å². The van der Waals surface area contributed by atoms with Crippen molar-refractivity contribution in [3.05, 3.63) is 29.8 Å². The van der Waals surface area contributed by atoms with Crippen molar-refractivity contribution in [2.24, 2.45) is 5.92 Å². The van der Waals surface area contributed by atoms with Crippen molar-refractivity contribution in [2.45, 2.75) is 32.1 Å². The van der Waals surface area contributed by atoms with Crippen LogP contribution in [0.2, 0.25) is 0 Å². The molecule has 3 rings (SSSR count). The Hall–Kier alpha value is -1.35. The highest BCUT2D eigenvalue weighted by molar-refractivity contribution is 6.03. The molecule has 0 unspecified atom stereocenters. The number of nitrogens with one attached hydrogen (secondary N) is 1. The summed E-state index contributed by atoms with van der Waals surface area (Å²) in [5, 5.41) is 3.03. The van der Waals surface area contributed by atoms with E-state index >= 15 is 0 Å². The van der Waals surface area contributed by atoms with Crippen LogP contribution in [0.25, 0.3) is 0 Å². The molecular weight excluding hydrogens is 236 g/mol. The zero-order valence-corrected chi connectivity index (χ0v) is 11.6. The monoisotopic (exact) mass is 258 g/mol. The third kappa shape index (κ3) is 2.39. The van der Waals surface area contributed by atoms with E-state index in [1.165, 1.54) is 31.4 Å². The third-order valence-corrected chi connectivity index (χ3v) is 4.39. The van der Waals surface area contributed by atoms with Crippen molar-refractivity contribution in [1.82, 2.24) is 4.90 Å². The van der Waals surface area contributed by atoms with Gasteiger partial charge in [0.2, 0.25) is 5.91 Å². The predicted molar refractivity (Wildman–Crippen MR) is 77.3 cm³/mol. The fraction of sp³-hybridized carbons (Fsp3) is 0.562. The largest absolute Gasteiger partial charge is 0.325 e. The number of benzene rings is 1. The number of amides is 1. The Balaban J connectivity index is 1.80. The lowest BCUT2D eigenvalue weighted by molar-refractivity contribution is -0.118. The van der Waals surface area contributed by atoms with E-state index in [0.717, 1.165) is 18.8 Å². The number of para-hydroxylation sites is 1. The van der Waals surface area contributed by atoms with Crippen molar-refractivity contribution in [1.29, 1.82) is 0 Å². The molecule has 2 aliphatic rings. The molecule has 1 N–H and O–H groups in total. The molecule has 1 amide bonds. The summed E-state index contributed by atoms with van der Waals surface area (Å²) in [5.41, 5.74) is 2.22. The van der Waals surface area contributed by atoms with Crippen LogP contribution in [0.5, 0.6) is 0 Å². The van der Waals surface area contributed by atoms with Gasteiger partial charge in [0.15, 0.2) is 0 Å². The molecule has 1 aromatic carbocycles. The van der Waals surface area contributed by atoms with Gasteiger partial charge in [-0.15, -0.1) is 0 Å². The first kappa shape index (κ1) is 12.7. The summed E-state index contributed by atoms with van der Waals surface area (Å²) in [6.07, 6.45) is 3.59. The second kappa shape index (κ2) is 5.33. The molecule has 1 fully saturated rings. The van der Waals surface area contributed by atoms with Crippen molar-refractivity contribution in [2.75, 3.05) is 25.0 Å². The van der Waals surface area contributed by atoms with Crippen LogP contribution >= 0.6 is 0 Å². The molecule has 2 heterocycles. The maximum absolute atomic E-state index is 12.3. The van der Waals surface area contributed by atoms with Gasteiger partial charge in [0, 0.05) is 12.2 Å². The fourth-order valence-electron chi connectivity index (χ4n) is 3.58. The highest BCUT2D eigenvalue weighted by Gasteiger charge is 2.38. The first-order valence-corrected chi connectivity index (χ1v) is 7.41. The Kier molecular flexibility index (Phi) is 3.56. The Labute approximate surface area is 115 Å². The normalized spacial score (nSPS) is 27.1. The first-order valence-electron chi connectivity index (χ1n) is 7.41. The van der Waals surface area contributed by atoms with Crippen molar-refractivity contribution in [3.8, 4) is 0 Å². The lowest BCUT2D eigenvalue weighted by Gasteiger charge is -2.34. The SMILES string of the molecule is CCCN1CCC[C@H]([C@@H]2C(=O)Nc3ccccc32)C1. The Bertz CT molecular complexity index is 470. The van der Waals surface area contributed by atoms with Gasteiger partial charge in [0.25, 0.3) is 0 Å². The molecule has 0 aromatic heterocycles. The Morgan fingerprint density at radius 3 is 3.05 bits per heavy atom. The van der Waals surface area contributed by atoms with Crippen molar-refractivity contribution >= 4 is 11.6 Å². The summed E-state index contributed by atoms with van der Waals surface area (Å²) in [4.78, 5) is 14.8. The van der Waals surface area contributed by atoms with Crippen LogP contribution in [0, 0.1) is 5.92 Å². The number of hydrogen-bond acceptors (Lipinski definition) is 2. The number of carbonyl (C=O) groups excluding carboxylic acids is 1. The molecule has 3 nitrogen and oxygen atoms in total. The van der Waals surface area contributed by atoms with E-state index in [0.29, 0.717) is 5.92 Å². The average Bonchev–Trinajstić information content (AvgIpc) is 2.75. The second-order valence-corrected chi connectivity index (χ2v) is 5.76. The van der Waals surface area contributed by atoms with Gasteiger partial charge in [-0.1, -0.05) is 25.1 Å². The van der Waals surface area contributed by atoms with Crippen LogP contribution in [-0.2, 0) is 4.79 Å². The molecule has 1 aromatic rings. The summed E-state index contributed by atoms with van der Waals surface area (Å²) in [7, 11) is 0. The maximum Gasteiger partial charge on any atom is 0.232 e. The number of likely N-dealkylation sites (tertiary alicyclic amines) is 1. The lowest BCUT2D eigenvalue weighted by Crippen LogP contribution is -2.39. The third-order valence-electron chi connectivity index (χ3n) is 4.39. The second-order valence-electron chi connectivity index (χ2n) is 5.76. The Morgan fingerprint density at radius 1 is 1.37 bits per heavy atom. The topological polar surface area (TPSA) is 32.3 Å². The summed E-state index contributed by atoms with van der Waals surface area (Å²) in [6.45, 7) is 5.65. The van der Waals surface area contributed by atoms with Crippen molar-refractivity contribution in [3.63, 3.8) is 0 Å². The van der Waals surface area contributed by atoms with Gasteiger partial charge < -0.3 is 10.2 Å².